The lowest BCUT2D eigenvalue weighted by atomic mass is 9.85. The van der Waals surface area contributed by atoms with Crippen LogP contribution in [0.25, 0.3) is 10.4 Å². The van der Waals surface area contributed by atoms with E-state index in [1.807, 2.05) is 107 Å². The first kappa shape index (κ1) is 53.7. The average Bonchev–Trinajstić information content (AvgIpc) is 4.01. The number of aliphatic hydroxyl groups is 1. The summed E-state index contributed by atoms with van der Waals surface area (Å²) in [7, 11) is 5.30. The number of thiazole rings is 1. The van der Waals surface area contributed by atoms with Crippen LogP contribution in [0.15, 0.2) is 78.4 Å². The Kier molecular flexibility index (Phi) is 17.2. The quantitative estimate of drug-likeness (QED) is 0.0580. The van der Waals surface area contributed by atoms with Gasteiger partial charge >= 0.3 is 0 Å². The number of aromatic nitrogens is 3. The van der Waals surface area contributed by atoms with Gasteiger partial charge in [-0.2, -0.15) is 4.98 Å². The van der Waals surface area contributed by atoms with E-state index in [4.69, 9.17) is 9.72 Å². The van der Waals surface area contributed by atoms with Gasteiger partial charge in [0.15, 0.2) is 5.82 Å². The predicted octanol–water partition coefficient (Wildman–Crippen LogP) is 8.24. The molecule has 3 aliphatic rings. The van der Waals surface area contributed by atoms with E-state index in [0.717, 1.165) is 110 Å². The van der Waals surface area contributed by atoms with E-state index < -0.39 is 23.6 Å². The van der Waals surface area contributed by atoms with Crippen molar-refractivity contribution in [2.75, 3.05) is 80.5 Å². The first-order chi connectivity index (χ1) is 35.5. The highest BCUT2D eigenvalue weighted by molar-refractivity contribution is 7.13. The molecule has 5 heterocycles. The molecule has 3 aromatic carbocycles. The van der Waals surface area contributed by atoms with E-state index in [9.17, 15) is 24.3 Å². The van der Waals surface area contributed by atoms with Crippen LogP contribution in [0.5, 0.6) is 5.75 Å². The highest BCUT2D eigenvalue weighted by Gasteiger charge is 2.45. The van der Waals surface area contributed by atoms with Gasteiger partial charge in [0.05, 0.1) is 58.5 Å². The largest absolute Gasteiger partial charge is 0.494 e. The standard InChI is InChI=1S/C56H73N11O6S/c1-36(38-20-22-39(23-21-38)49-37(2)58-35-74-49)59-52(70)45-32-41(68)34-67(45)54(72)50(56(3,4)5)61-48(69)19-13-11-9-10-12-16-26-65-27-29-66(30-28-65)40-24-25-43(47(31-40)73-8)60-55-57-33-46-51(62-55)63(6)44-18-15-14-17-42(44)53(71)64(46)7/h14-15,17-18,20-25,31,33,35-36,41,45,50,68H,9-13,16,19,26-30,32,34H2,1-8H3,(H,59,70)(H,61,69)(H,57,60,62). The van der Waals surface area contributed by atoms with E-state index in [0.29, 0.717) is 35.2 Å². The van der Waals surface area contributed by atoms with E-state index in [2.05, 4.69) is 47.9 Å². The number of rotatable bonds is 19. The van der Waals surface area contributed by atoms with Gasteiger partial charge in [0.25, 0.3) is 5.91 Å². The molecule has 0 saturated carbocycles. The summed E-state index contributed by atoms with van der Waals surface area (Å²) in [5, 5.41) is 20.1. The maximum Gasteiger partial charge on any atom is 0.260 e. The molecule has 74 heavy (non-hydrogen) atoms. The Labute approximate surface area is 439 Å². The molecule has 0 radical (unpaired) electrons. The number of likely N-dealkylation sites (tertiary alicyclic amines) is 1. The number of nitrogens with zero attached hydrogens (tertiary/aromatic N) is 8. The van der Waals surface area contributed by atoms with Crippen molar-refractivity contribution in [2.45, 2.75) is 110 Å². The molecule has 0 spiro atoms. The molecule has 5 aromatic rings. The van der Waals surface area contributed by atoms with Crippen molar-refractivity contribution in [3.05, 3.63) is 95.3 Å². The third-order valence-electron chi connectivity index (χ3n) is 14.6. The molecule has 3 aliphatic heterocycles. The number of aryl methyl sites for hydroxylation is 1. The number of anilines is 6. The number of hydrogen-bond donors (Lipinski definition) is 4. The number of carbonyl (C=O) groups excluding carboxylic acids is 4. The molecule has 4 amide bonds. The van der Waals surface area contributed by atoms with Gasteiger partial charge in [-0.15, -0.1) is 11.3 Å². The summed E-state index contributed by atoms with van der Waals surface area (Å²) in [6.07, 6.45) is 7.32. The van der Waals surface area contributed by atoms with Crippen molar-refractivity contribution in [1.29, 1.82) is 0 Å². The zero-order chi connectivity index (χ0) is 52.7. The van der Waals surface area contributed by atoms with Gasteiger partial charge in [0.1, 0.15) is 23.5 Å². The summed E-state index contributed by atoms with van der Waals surface area (Å²) in [5.41, 5.74) is 8.00. The van der Waals surface area contributed by atoms with Crippen LogP contribution in [0.1, 0.15) is 107 Å². The molecule has 2 aromatic heterocycles. The summed E-state index contributed by atoms with van der Waals surface area (Å²) in [6.45, 7) is 14.5. The van der Waals surface area contributed by atoms with Crippen molar-refractivity contribution in [2.24, 2.45) is 5.41 Å². The normalized spacial score (nSPS) is 17.8. The summed E-state index contributed by atoms with van der Waals surface area (Å²) < 4.78 is 5.84. The summed E-state index contributed by atoms with van der Waals surface area (Å²) in [5.74, 6) is 0.711. The molecule has 17 nitrogen and oxygen atoms in total. The number of nitrogens with one attached hydrogen (secondary N) is 3. The van der Waals surface area contributed by atoms with Crippen LogP contribution in [0.3, 0.4) is 0 Å². The molecular formula is C56H73N11O6S. The lowest BCUT2D eigenvalue weighted by Gasteiger charge is -2.36. The number of benzene rings is 3. The van der Waals surface area contributed by atoms with Gasteiger partial charge in [-0.05, 0) is 74.0 Å². The number of para-hydroxylation sites is 1. The fraction of sp³-hybridized carbons (Fsp3) is 0.482. The fourth-order valence-electron chi connectivity index (χ4n) is 10.2. The third-order valence-corrected chi connectivity index (χ3v) is 15.6. The Morgan fingerprint density at radius 2 is 1.59 bits per heavy atom. The minimum absolute atomic E-state index is 0.0328. The first-order valence-corrected chi connectivity index (χ1v) is 26.9. The first-order valence-electron chi connectivity index (χ1n) is 26.0. The van der Waals surface area contributed by atoms with Gasteiger partial charge in [-0.1, -0.05) is 82.9 Å². The topological polar surface area (TPSA) is 189 Å². The number of aliphatic hydroxyl groups excluding tert-OH is 1. The SMILES string of the molecule is COc1cc(N2CCN(CCCCCCCCC(=O)NC(C(=O)N3CC(O)CC3C(=O)NC(C)c3ccc(-c4scnc4C)cc3)C(C)(C)C)CC2)ccc1Nc1ncc2c(n1)N(C)c1ccccc1C(=O)N2C. The number of methoxy groups -OCH3 is 1. The molecule has 2 saturated heterocycles. The van der Waals surface area contributed by atoms with Gasteiger partial charge in [-0.3, -0.25) is 24.1 Å². The predicted molar refractivity (Wildman–Crippen MR) is 293 cm³/mol. The number of ether oxygens (including phenoxy) is 1. The van der Waals surface area contributed by atoms with Gasteiger partial charge in [0.2, 0.25) is 23.7 Å². The Balaban J connectivity index is 0.729. The van der Waals surface area contributed by atoms with Crippen LogP contribution in [0.4, 0.5) is 34.5 Å². The molecule has 2 fully saturated rings. The molecule has 18 heteroatoms. The lowest BCUT2D eigenvalue weighted by Crippen LogP contribution is -2.57. The van der Waals surface area contributed by atoms with Crippen molar-refractivity contribution in [3.8, 4) is 16.2 Å². The Morgan fingerprint density at radius 1 is 0.878 bits per heavy atom. The van der Waals surface area contributed by atoms with Crippen LogP contribution in [-0.4, -0.2) is 132 Å². The Bertz CT molecular complexity index is 2770. The van der Waals surface area contributed by atoms with Gasteiger partial charge in [0, 0.05) is 71.4 Å². The third kappa shape index (κ3) is 12.5. The molecule has 8 rings (SSSR count). The highest BCUT2D eigenvalue weighted by atomic mass is 32.1. The monoisotopic (exact) mass is 1030 g/mol. The number of hydrogen-bond acceptors (Lipinski definition) is 14. The number of unbranched alkanes of at least 4 members (excludes halogenated alkanes) is 5. The van der Waals surface area contributed by atoms with Crippen LogP contribution >= 0.6 is 11.3 Å². The lowest BCUT2D eigenvalue weighted by molar-refractivity contribution is -0.144. The second-order valence-electron chi connectivity index (χ2n) is 20.9. The van der Waals surface area contributed by atoms with Gasteiger partial charge < -0.3 is 45.4 Å². The van der Waals surface area contributed by atoms with Crippen molar-refractivity contribution >= 4 is 69.5 Å². The zero-order valence-corrected chi connectivity index (χ0v) is 45.0. The van der Waals surface area contributed by atoms with Crippen molar-refractivity contribution in [1.82, 2.24) is 35.4 Å². The Morgan fingerprint density at radius 3 is 2.30 bits per heavy atom. The highest BCUT2D eigenvalue weighted by Crippen LogP contribution is 2.39. The van der Waals surface area contributed by atoms with Crippen LogP contribution in [-0.2, 0) is 14.4 Å². The van der Waals surface area contributed by atoms with Crippen LogP contribution in [0, 0.1) is 12.3 Å². The smallest absolute Gasteiger partial charge is 0.260 e. The number of amides is 4. The van der Waals surface area contributed by atoms with E-state index in [-0.39, 0.29) is 42.6 Å². The van der Waals surface area contributed by atoms with Crippen molar-refractivity contribution < 1.29 is 29.0 Å². The molecule has 4 unspecified atom stereocenters. The van der Waals surface area contributed by atoms with E-state index >= 15 is 0 Å². The number of piperazine rings is 1. The molecule has 0 bridgehead atoms. The minimum atomic E-state index is -0.850. The molecule has 4 N–H and O–H groups in total. The summed E-state index contributed by atoms with van der Waals surface area (Å²) in [4.78, 5) is 79.1. The van der Waals surface area contributed by atoms with E-state index in [1.54, 1.807) is 36.6 Å². The van der Waals surface area contributed by atoms with Gasteiger partial charge in [-0.25, -0.2) is 9.97 Å². The summed E-state index contributed by atoms with van der Waals surface area (Å²) >= 11 is 1.59. The van der Waals surface area contributed by atoms with Crippen molar-refractivity contribution in [3.63, 3.8) is 0 Å². The summed E-state index contributed by atoms with van der Waals surface area (Å²) in [6, 6.07) is 19.7. The maximum absolute atomic E-state index is 14.2. The zero-order valence-electron chi connectivity index (χ0n) is 44.2. The average molecular weight is 1030 g/mol. The van der Waals surface area contributed by atoms with E-state index in [1.165, 1.54) is 4.90 Å². The second-order valence-corrected chi connectivity index (χ2v) is 21.8. The molecule has 394 valence electrons. The number of carbonyl (C=O) groups is 4. The number of fused-ring (bicyclic) bond motifs is 2. The molecule has 0 aliphatic carbocycles. The van der Waals surface area contributed by atoms with Crippen LogP contribution in [0.2, 0.25) is 0 Å². The fourth-order valence-corrected chi connectivity index (χ4v) is 11.0. The maximum atomic E-state index is 14.2. The second kappa shape index (κ2) is 23.7. The number of β-amino-alcohol motifs (C(OH)–C–C–N with tert-alkyl or cyclic N) is 1. The van der Waals surface area contributed by atoms with Crippen LogP contribution < -0.4 is 35.4 Å². The minimum Gasteiger partial charge on any atom is -0.494 e. The Hall–Kier alpha value is -6.63. The molecular weight excluding hydrogens is 955 g/mol. The molecule has 4 atom stereocenters.